The Hall–Kier alpha value is -0.440. The van der Waals surface area contributed by atoms with Crippen LogP contribution in [0.2, 0.25) is 10.0 Å². The third-order valence-corrected chi connectivity index (χ3v) is 2.77. The maximum atomic E-state index is 11.6. The standard InChI is InChI=1S/C11H11Cl3O2/c1-6(2)16-11-4-9(14)8(13)3-7(11)10(15)5-12/h3-4,6H,5H2,1-2H3. The van der Waals surface area contributed by atoms with Crippen LogP contribution < -0.4 is 4.74 Å². The molecule has 5 heteroatoms. The molecule has 0 fully saturated rings. The molecular weight excluding hydrogens is 270 g/mol. The van der Waals surface area contributed by atoms with Gasteiger partial charge in [0.2, 0.25) is 0 Å². The van der Waals surface area contributed by atoms with Gasteiger partial charge in [-0.05, 0) is 19.9 Å². The Bertz CT molecular complexity index is 402. The minimum Gasteiger partial charge on any atom is -0.490 e. The van der Waals surface area contributed by atoms with Crippen molar-refractivity contribution in [3.05, 3.63) is 27.7 Å². The fourth-order valence-corrected chi connectivity index (χ4v) is 1.63. The number of benzene rings is 1. The maximum Gasteiger partial charge on any atom is 0.181 e. The molecule has 0 unspecified atom stereocenters. The monoisotopic (exact) mass is 280 g/mol. The summed E-state index contributed by atoms with van der Waals surface area (Å²) < 4.78 is 5.48. The van der Waals surface area contributed by atoms with Gasteiger partial charge in [-0.2, -0.15) is 0 Å². The number of ketones is 1. The summed E-state index contributed by atoms with van der Waals surface area (Å²) in [6.07, 6.45) is -0.0564. The maximum absolute atomic E-state index is 11.6. The molecule has 0 bridgehead atoms. The first-order chi connectivity index (χ1) is 7.45. The first-order valence-corrected chi connectivity index (χ1v) is 5.99. The van der Waals surface area contributed by atoms with Crippen LogP contribution in [0.4, 0.5) is 0 Å². The first-order valence-electron chi connectivity index (χ1n) is 4.70. The van der Waals surface area contributed by atoms with E-state index in [0.29, 0.717) is 21.4 Å². The summed E-state index contributed by atoms with van der Waals surface area (Å²) in [5.74, 6) is 0.0535. The summed E-state index contributed by atoms with van der Waals surface area (Å²) in [7, 11) is 0. The minimum atomic E-state index is -0.240. The average molecular weight is 282 g/mol. The topological polar surface area (TPSA) is 26.3 Å². The highest BCUT2D eigenvalue weighted by molar-refractivity contribution is 6.42. The lowest BCUT2D eigenvalue weighted by molar-refractivity contribution is 0.101. The lowest BCUT2D eigenvalue weighted by Gasteiger charge is -2.14. The van der Waals surface area contributed by atoms with E-state index in [2.05, 4.69) is 0 Å². The van der Waals surface area contributed by atoms with Gasteiger partial charge in [-0.1, -0.05) is 23.2 Å². The summed E-state index contributed by atoms with van der Waals surface area (Å²) in [5.41, 5.74) is 0.359. The number of halogens is 3. The molecule has 88 valence electrons. The van der Waals surface area contributed by atoms with Crippen LogP contribution in [0.5, 0.6) is 5.75 Å². The lowest BCUT2D eigenvalue weighted by Crippen LogP contribution is -2.11. The van der Waals surface area contributed by atoms with Crippen LogP contribution >= 0.6 is 34.8 Å². The van der Waals surface area contributed by atoms with Gasteiger partial charge in [-0.15, -0.1) is 11.6 Å². The van der Waals surface area contributed by atoms with Crippen LogP contribution in [-0.4, -0.2) is 17.8 Å². The Balaban J connectivity index is 3.21. The van der Waals surface area contributed by atoms with Crippen molar-refractivity contribution < 1.29 is 9.53 Å². The smallest absolute Gasteiger partial charge is 0.181 e. The summed E-state index contributed by atoms with van der Waals surface area (Å²) in [4.78, 5) is 11.6. The number of rotatable bonds is 4. The third-order valence-electron chi connectivity index (χ3n) is 1.81. The number of Topliss-reactive ketones (excluding diaryl/α,β-unsaturated/α-hetero) is 1. The lowest BCUT2D eigenvalue weighted by atomic mass is 10.1. The molecule has 0 aliphatic heterocycles. The summed E-state index contributed by atoms with van der Waals surface area (Å²) in [6.45, 7) is 3.72. The highest BCUT2D eigenvalue weighted by atomic mass is 35.5. The zero-order chi connectivity index (χ0) is 12.3. The molecule has 2 nitrogen and oxygen atoms in total. The molecular formula is C11H11Cl3O2. The SMILES string of the molecule is CC(C)Oc1cc(Cl)c(Cl)cc1C(=O)CCl. The van der Waals surface area contributed by atoms with Crippen molar-refractivity contribution in [1.29, 1.82) is 0 Å². The van der Waals surface area contributed by atoms with E-state index >= 15 is 0 Å². The number of ether oxygens (including phenoxy) is 1. The summed E-state index contributed by atoms with van der Waals surface area (Å²) in [5, 5.41) is 0.662. The van der Waals surface area contributed by atoms with Gasteiger partial charge in [0.05, 0.1) is 27.6 Å². The normalized spacial score (nSPS) is 10.6. The van der Waals surface area contributed by atoms with E-state index < -0.39 is 0 Å². The van der Waals surface area contributed by atoms with Crippen LogP contribution in [0.1, 0.15) is 24.2 Å². The number of carbonyl (C=O) groups excluding carboxylic acids is 1. The van der Waals surface area contributed by atoms with Crippen molar-refractivity contribution in [1.82, 2.24) is 0 Å². The van der Waals surface area contributed by atoms with Gasteiger partial charge < -0.3 is 4.74 Å². The predicted octanol–water partition coefficient (Wildman–Crippen LogP) is 4.20. The van der Waals surface area contributed by atoms with Crippen LogP contribution in [-0.2, 0) is 0 Å². The van der Waals surface area contributed by atoms with Crippen molar-refractivity contribution >= 4 is 40.6 Å². The van der Waals surface area contributed by atoms with Gasteiger partial charge in [0.15, 0.2) is 5.78 Å². The number of hydrogen-bond acceptors (Lipinski definition) is 2. The summed E-state index contributed by atoms with van der Waals surface area (Å²) in [6, 6.07) is 3.01. The molecule has 0 saturated carbocycles. The van der Waals surface area contributed by atoms with Gasteiger partial charge in [-0.3, -0.25) is 4.79 Å². The zero-order valence-corrected chi connectivity index (χ0v) is 11.2. The molecule has 0 aliphatic rings. The fraction of sp³-hybridized carbons (Fsp3) is 0.364. The molecule has 0 spiro atoms. The molecule has 0 aliphatic carbocycles. The van der Waals surface area contributed by atoms with E-state index in [-0.39, 0.29) is 17.8 Å². The highest BCUT2D eigenvalue weighted by Gasteiger charge is 2.15. The largest absolute Gasteiger partial charge is 0.490 e. The van der Waals surface area contributed by atoms with Gasteiger partial charge in [0.1, 0.15) is 5.75 Å². The van der Waals surface area contributed by atoms with Gasteiger partial charge in [-0.25, -0.2) is 0 Å². The van der Waals surface area contributed by atoms with Crippen molar-refractivity contribution in [2.75, 3.05) is 5.88 Å². The average Bonchev–Trinajstić information content (AvgIpc) is 2.21. The third kappa shape index (κ3) is 3.27. The second-order valence-corrected chi connectivity index (χ2v) is 4.57. The van der Waals surface area contributed by atoms with E-state index in [1.165, 1.54) is 12.1 Å². The number of hydrogen-bond donors (Lipinski definition) is 0. The molecule has 0 radical (unpaired) electrons. The molecule has 16 heavy (non-hydrogen) atoms. The Morgan fingerprint density at radius 1 is 1.31 bits per heavy atom. The second-order valence-electron chi connectivity index (χ2n) is 3.49. The molecule has 0 N–H and O–H groups in total. The molecule has 1 rings (SSSR count). The number of alkyl halides is 1. The molecule has 1 aromatic carbocycles. The Kier molecular flexibility index (Phi) is 4.90. The van der Waals surface area contributed by atoms with Crippen molar-refractivity contribution in [2.45, 2.75) is 20.0 Å². The second kappa shape index (κ2) is 5.76. The molecule has 1 aromatic rings. The van der Waals surface area contributed by atoms with Crippen molar-refractivity contribution in [3.63, 3.8) is 0 Å². The van der Waals surface area contributed by atoms with Crippen molar-refractivity contribution in [2.24, 2.45) is 0 Å². The minimum absolute atomic E-state index is 0.0564. The molecule has 0 aromatic heterocycles. The van der Waals surface area contributed by atoms with Crippen LogP contribution in [0, 0.1) is 0 Å². The van der Waals surface area contributed by atoms with Gasteiger partial charge in [0.25, 0.3) is 0 Å². The Labute approximate surface area is 109 Å². The molecule has 0 amide bonds. The molecule has 0 saturated heterocycles. The van der Waals surface area contributed by atoms with E-state index in [4.69, 9.17) is 39.5 Å². The van der Waals surface area contributed by atoms with E-state index in [1.807, 2.05) is 13.8 Å². The molecule has 0 heterocycles. The van der Waals surface area contributed by atoms with E-state index in [1.54, 1.807) is 0 Å². The Morgan fingerprint density at radius 2 is 1.88 bits per heavy atom. The van der Waals surface area contributed by atoms with Crippen LogP contribution in [0.25, 0.3) is 0 Å². The van der Waals surface area contributed by atoms with Gasteiger partial charge >= 0.3 is 0 Å². The van der Waals surface area contributed by atoms with E-state index in [9.17, 15) is 4.79 Å². The first kappa shape index (κ1) is 13.6. The summed E-state index contributed by atoms with van der Waals surface area (Å²) >= 11 is 17.2. The van der Waals surface area contributed by atoms with Gasteiger partial charge in [0, 0.05) is 6.07 Å². The van der Waals surface area contributed by atoms with Crippen molar-refractivity contribution in [3.8, 4) is 5.75 Å². The van der Waals surface area contributed by atoms with Crippen LogP contribution in [0.15, 0.2) is 12.1 Å². The Morgan fingerprint density at radius 3 is 2.38 bits per heavy atom. The number of carbonyl (C=O) groups is 1. The van der Waals surface area contributed by atoms with E-state index in [0.717, 1.165) is 0 Å². The quantitative estimate of drug-likeness (QED) is 0.610. The molecule has 0 atom stereocenters. The fourth-order valence-electron chi connectivity index (χ4n) is 1.17. The van der Waals surface area contributed by atoms with Crippen LogP contribution in [0.3, 0.4) is 0 Å². The predicted molar refractivity (Wildman–Crippen MR) is 67.3 cm³/mol. The zero-order valence-electron chi connectivity index (χ0n) is 8.89. The highest BCUT2D eigenvalue weighted by Crippen LogP contribution is 2.31.